The van der Waals surface area contributed by atoms with Gasteiger partial charge in [-0.1, -0.05) is 59.8 Å². The summed E-state index contributed by atoms with van der Waals surface area (Å²) >= 11 is 6.46. The Hall–Kier alpha value is 0.130. The summed E-state index contributed by atoms with van der Waals surface area (Å²) in [5, 5.41) is 111. The number of nitrogens with two attached hydrogens (primary N) is 1. The topological polar surface area (TPSA) is 507 Å². The number of halogens is 1. The van der Waals surface area contributed by atoms with Crippen LogP contribution >= 0.6 is 35.2 Å². The maximum atomic E-state index is 10.0. The molecule has 0 saturated carbocycles. The van der Waals surface area contributed by atoms with Crippen LogP contribution in [0.4, 0.5) is 0 Å². The minimum atomic E-state index is -1.03. The van der Waals surface area contributed by atoms with Gasteiger partial charge in [-0.3, -0.25) is 9.82 Å². The molecule has 15 aliphatic rings. The van der Waals surface area contributed by atoms with E-state index in [4.69, 9.17) is 85.9 Å². The number of thiol groups is 1. The summed E-state index contributed by atoms with van der Waals surface area (Å²) in [6.45, 7) is 3.16. The Kier molecular flexibility index (Phi) is 42.7. The third-order valence-corrected chi connectivity index (χ3v) is 17.6. The summed E-state index contributed by atoms with van der Waals surface area (Å²) in [6.07, 6.45) is -0.0440. The van der Waals surface area contributed by atoms with E-state index in [0.29, 0.717) is 45.3 Å². The summed E-state index contributed by atoms with van der Waals surface area (Å²) in [6, 6.07) is 0. The maximum Gasteiger partial charge on any atom is 1.00 e. The Morgan fingerprint density at radius 2 is 0.671 bits per heavy atom. The van der Waals surface area contributed by atoms with Crippen LogP contribution < -0.4 is 64.8 Å². The second kappa shape index (κ2) is 44.6. The van der Waals surface area contributed by atoms with Crippen LogP contribution in [-0.4, -0.2) is 242 Å². The average molecular weight is 1370 g/mol. The number of alkyl halides is 1. The van der Waals surface area contributed by atoms with E-state index in [1.807, 2.05) is 0 Å². The van der Waals surface area contributed by atoms with Crippen LogP contribution in [0.15, 0.2) is 5.11 Å². The fourth-order valence-electron chi connectivity index (χ4n) is 11.9. The van der Waals surface area contributed by atoms with Gasteiger partial charge in [0.05, 0.1) is 74.2 Å². The minimum absolute atomic E-state index is 0. The van der Waals surface area contributed by atoms with E-state index in [1.165, 1.54) is 9.82 Å². The number of azide groups is 1. The van der Waals surface area contributed by atoms with Crippen molar-refractivity contribution < 1.29 is 163 Å². The monoisotopic (exact) mass is 1370 g/mol. The van der Waals surface area contributed by atoms with Crippen LogP contribution in [-0.2, 0) is 47.4 Å². The summed E-state index contributed by atoms with van der Waals surface area (Å²) in [5.41, 5.74) is 40.9. The SMILES string of the molecule is NCC1OC2OCCCCC1C(O)C2O.OC1C2OCCCCC(C(CI)O2)C1O.OC1C2OCCCCC(C(CS)O2)C1O.OCC1OC2OCCCCC1C(O)C2O.[N-]=[N+]=NCC1OC2OCCCCC1C(O)C2O.[N-]=[N+]=[N-].[N-]=[N+]=[N-].[Na+].[Na+]. The first-order chi connectivity index (χ1) is 40.0. The van der Waals surface area contributed by atoms with Crippen molar-refractivity contribution in [2.75, 3.05) is 62.9 Å². The molecule has 31 nitrogen and oxygen atoms in total. The van der Waals surface area contributed by atoms with Gasteiger partial charge in [-0.25, -0.2) is 0 Å². The fraction of sp³-hybridized carbons (Fsp3) is 1.00. The third kappa shape index (κ3) is 24.5. The Bertz CT molecular complexity index is 1720. The smallest absolute Gasteiger partial charge is 0.394 e. The molecule has 0 aromatic rings. The van der Waals surface area contributed by atoms with Gasteiger partial charge in [0.25, 0.3) is 0 Å². The molecular weight excluding hydrogens is 1280 g/mol. The molecule has 15 saturated heterocycles. The summed E-state index contributed by atoms with van der Waals surface area (Å²) in [7, 11) is 0. The molecule has 25 atom stereocenters. The zero-order valence-electron chi connectivity index (χ0n) is 48.5. The standard InChI is InChI=1S/C10H17IO4.C10H17N3O4.C10H19NO4.C10H18O5.C10H18O4S.2N3.2Na/c11-5-7-6-3-1-2-4-14-10(15-7)9(13)8(6)12;11-13-12-5-7-6-3-1-2-4-16-10(17-7)9(15)8(6)14;2*11-5-7-6-3-1-2-4-14-10(15-7)9(13)8(6)12;11-8-6-3-1-2-4-13-10(9(8)12)14-7(6)5-15;2*1-3-2;;/h6-10,12-13H,1-5H2;6-10,14-15H,1-5H2;6-10,12-13H,1-5,11H2;6-13H,1-5H2;6-12,15H,1-5H2;;;;/q;;;;;2*-1;2*+1. The summed E-state index contributed by atoms with van der Waals surface area (Å²) < 4.78 is 55.5. The van der Waals surface area contributed by atoms with Crippen molar-refractivity contribution in [2.24, 2.45) is 40.4 Å². The summed E-state index contributed by atoms with van der Waals surface area (Å²) in [4.78, 5) is 5.69. The molecule has 0 spiro atoms. The molecule has 25 unspecified atom stereocenters. The normalized spacial score (nSPS) is 41.8. The molecule has 0 aromatic carbocycles. The quantitative estimate of drug-likeness (QED) is 0.0227. The van der Waals surface area contributed by atoms with Gasteiger partial charge in [0.1, 0.15) is 30.5 Å². The van der Waals surface area contributed by atoms with Gasteiger partial charge in [-0.05, 0) is 69.7 Å². The number of aliphatic hydroxyl groups excluding tert-OH is 11. The number of ether oxygens (including phenoxy) is 10. The molecular formula is C50H89IN10Na2O21S. The summed E-state index contributed by atoms with van der Waals surface area (Å²) in [5.74, 6) is 0.124. The zero-order valence-corrected chi connectivity index (χ0v) is 55.6. The molecule has 0 radical (unpaired) electrons. The van der Waals surface area contributed by atoms with Crippen molar-refractivity contribution in [1.82, 2.24) is 0 Å². The minimum Gasteiger partial charge on any atom is -0.394 e. The third-order valence-electron chi connectivity index (χ3n) is 16.4. The van der Waals surface area contributed by atoms with Crippen LogP contribution in [0, 0.1) is 29.6 Å². The molecule has 85 heavy (non-hydrogen) atoms. The van der Waals surface area contributed by atoms with Crippen molar-refractivity contribution >= 4 is 35.2 Å². The first-order valence-corrected chi connectivity index (χ1v) is 30.8. The van der Waals surface area contributed by atoms with E-state index in [9.17, 15) is 51.1 Å². The molecule has 10 bridgehead atoms. The predicted molar refractivity (Wildman–Crippen MR) is 303 cm³/mol. The second-order valence-corrected chi connectivity index (χ2v) is 22.9. The van der Waals surface area contributed by atoms with Gasteiger partial charge >= 0.3 is 59.1 Å². The second-order valence-electron chi connectivity index (χ2n) is 21.6. The van der Waals surface area contributed by atoms with Crippen LogP contribution in [0.2, 0.25) is 0 Å². The molecule has 35 heteroatoms. The Morgan fingerprint density at radius 3 is 0.965 bits per heavy atom. The predicted octanol–water partition coefficient (Wildman–Crippen LogP) is -4.38. The van der Waals surface area contributed by atoms with E-state index < -0.39 is 98.6 Å². The molecule has 13 N–H and O–H groups in total. The number of nitrogens with zero attached hydrogens (tertiary/aromatic N) is 9. The van der Waals surface area contributed by atoms with Crippen molar-refractivity contribution in [1.29, 1.82) is 0 Å². The largest absolute Gasteiger partial charge is 1.00 e. The molecule has 480 valence electrons. The Labute approximate surface area is 558 Å². The Balaban J connectivity index is 0.000000352. The van der Waals surface area contributed by atoms with Crippen LogP contribution in [0.3, 0.4) is 0 Å². The molecule has 0 aliphatic carbocycles. The fourth-order valence-corrected chi connectivity index (χ4v) is 13.1. The van der Waals surface area contributed by atoms with Gasteiger partial charge < -0.3 is 131 Å². The maximum absolute atomic E-state index is 10.0. The van der Waals surface area contributed by atoms with Crippen LogP contribution in [0.1, 0.15) is 96.3 Å². The van der Waals surface area contributed by atoms with Crippen LogP contribution in [0.25, 0.3) is 42.4 Å². The van der Waals surface area contributed by atoms with Crippen molar-refractivity contribution in [3.05, 3.63) is 42.4 Å². The van der Waals surface area contributed by atoms with Gasteiger partial charge in [0.15, 0.2) is 31.5 Å². The average Bonchev–Trinajstić information content (AvgIpc) is 4.04. The van der Waals surface area contributed by atoms with E-state index in [1.54, 1.807) is 0 Å². The zero-order chi connectivity index (χ0) is 61.0. The molecule has 0 aromatic heterocycles. The van der Waals surface area contributed by atoms with E-state index in [0.717, 1.165) is 101 Å². The number of aliphatic hydroxyl groups is 11. The van der Waals surface area contributed by atoms with Crippen molar-refractivity contribution in [2.45, 2.75) is 219 Å². The van der Waals surface area contributed by atoms with Crippen molar-refractivity contribution in [3.63, 3.8) is 0 Å². The van der Waals surface area contributed by atoms with E-state index >= 15 is 0 Å². The molecule has 15 heterocycles. The molecule has 0 amide bonds. The first kappa shape index (κ1) is 81.2. The van der Waals surface area contributed by atoms with E-state index in [2.05, 4.69) is 45.2 Å². The first-order valence-electron chi connectivity index (χ1n) is 28.6. The van der Waals surface area contributed by atoms with Gasteiger partial charge in [0, 0.05) is 84.3 Å². The van der Waals surface area contributed by atoms with Gasteiger partial charge in [-0.15, -0.1) is 0 Å². The number of fused-ring (bicyclic) bond motifs is 30. The number of hydrogen-bond acceptors (Lipinski definition) is 24. The Morgan fingerprint density at radius 1 is 0.412 bits per heavy atom. The molecule has 15 aliphatic heterocycles. The van der Waals surface area contributed by atoms with Gasteiger partial charge in [-0.2, -0.15) is 12.6 Å². The number of rotatable bonds is 6. The van der Waals surface area contributed by atoms with Crippen molar-refractivity contribution in [3.8, 4) is 0 Å². The van der Waals surface area contributed by atoms with Gasteiger partial charge in [0.2, 0.25) is 0 Å². The molecule has 15 fully saturated rings. The van der Waals surface area contributed by atoms with E-state index in [-0.39, 0.29) is 126 Å². The van der Waals surface area contributed by atoms with Crippen LogP contribution in [0.5, 0.6) is 0 Å². The molecule has 15 rings (SSSR count). The number of hydrogen-bond donors (Lipinski definition) is 13.